The van der Waals surface area contributed by atoms with Gasteiger partial charge in [0, 0.05) is 0 Å². The van der Waals surface area contributed by atoms with Gasteiger partial charge in [-0.15, -0.1) is 0 Å². The molecule has 0 aromatic heterocycles. The van der Waals surface area contributed by atoms with Crippen LogP contribution in [0.15, 0.2) is 99.6 Å². The highest BCUT2D eigenvalue weighted by Gasteiger charge is 2.32. The Morgan fingerprint density at radius 2 is 1.00 bits per heavy atom. The lowest BCUT2D eigenvalue weighted by Crippen LogP contribution is -2.39. The van der Waals surface area contributed by atoms with Gasteiger partial charge in [-0.05, 0) is 66.7 Å². The molecule has 0 aliphatic heterocycles. The standard InChI is InChI=1S/C24H29OSSi/c1-4-27(5-2,6-3)25-21-17-19-24(20-18-21)26(22-13-9-7-10-14-22)23-15-11-8-12-16-23/h7-20H,4-6H2,1-3H3/q+1. The molecule has 3 aromatic rings. The molecule has 0 saturated carbocycles. The number of benzene rings is 3. The van der Waals surface area contributed by atoms with E-state index in [0.29, 0.717) is 0 Å². The van der Waals surface area contributed by atoms with Crippen LogP contribution in [0.25, 0.3) is 0 Å². The molecule has 1 nitrogen and oxygen atoms in total. The minimum atomic E-state index is -1.63. The molecule has 3 aromatic carbocycles. The minimum Gasteiger partial charge on any atom is -0.544 e. The van der Waals surface area contributed by atoms with Gasteiger partial charge in [0.2, 0.25) is 8.32 Å². The molecule has 27 heavy (non-hydrogen) atoms. The Bertz CT molecular complexity index is 766. The first kappa shape index (κ1) is 19.8. The fourth-order valence-corrected chi connectivity index (χ4v) is 8.03. The molecule has 0 aliphatic carbocycles. The minimum absolute atomic E-state index is 0.0956. The van der Waals surface area contributed by atoms with Crippen LogP contribution in [-0.2, 0) is 10.9 Å². The molecule has 3 rings (SSSR count). The van der Waals surface area contributed by atoms with Crippen molar-refractivity contribution in [1.29, 1.82) is 0 Å². The quantitative estimate of drug-likeness (QED) is 0.291. The van der Waals surface area contributed by atoms with Crippen LogP contribution >= 0.6 is 0 Å². The number of rotatable bonds is 8. The summed E-state index contributed by atoms with van der Waals surface area (Å²) < 4.78 is 6.54. The van der Waals surface area contributed by atoms with Gasteiger partial charge in [0.15, 0.2) is 14.7 Å². The van der Waals surface area contributed by atoms with E-state index >= 15 is 0 Å². The Hall–Kier alpha value is -1.97. The van der Waals surface area contributed by atoms with Crippen molar-refractivity contribution in [2.24, 2.45) is 0 Å². The lowest BCUT2D eigenvalue weighted by Gasteiger charge is -2.28. The van der Waals surface area contributed by atoms with E-state index in [-0.39, 0.29) is 10.9 Å². The fourth-order valence-electron chi connectivity index (χ4n) is 3.38. The maximum atomic E-state index is 6.54. The lowest BCUT2D eigenvalue weighted by molar-refractivity contribution is 0.531. The maximum absolute atomic E-state index is 6.54. The van der Waals surface area contributed by atoms with Crippen molar-refractivity contribution in [2.75, 3.05) is 0 Å². The topological polar surface area (TPSA) is 9.23 Å². The Morgan fingerprint density at radius 3 is 1.41 bits per heavy atom. The Balaban J connectivity index is 1.93. The zero-order valence-corrected chi connectivity index (χ0v) is 18.3. The van der Waals surface area contributed by atoms with Crippen molar-refractivity contribution in [2.45, 2.75) is 53.6 Å². The van der Waals surface area contributed by atoms with Gasteiger partial charge in [-0.3, -0.25) is 0 Å². The fraction of sp³-hybridized carbons (Fsp3) is 0.250. The van der Waals surface area contributed by atoms with E-state index < -0.39 is 8.32 Å². The van der Waals surface area contributed by atoms with Gasteiger partial charge >= 0.3 is 0 Å². The van der Waals surface area contributed by atoms with E-state index in [1.165, 1.54) is 32.8 Å². The van der Waals surface area contributed by atoms with E-state index in [1.54, 1.807) is 0 Å². The van der Waals surface area contributed by atoms with Gasteiger partial charge in [0.05, 0.1) is 10.9 Å². The van der Waals surface area contributed by atoms with E-state index in [1.807, 2.05) is 0 Å². The number of hydrogen-bond donors (Lipinski definition) is 0. The second-order valence-electron chi connectivity index (χ2n) is 6.75. The summed E-state index contributed by atoms with van der Waals surface area (Å²) >= 11 is 0. The summed E-state index contributed by atoms with van der Waals surface area (Å²) in [4.78, 5) is 4.02. The van der Waals surface area contributed by atoms with Crippen molar-refractivity contribution in [3.63, 3.8) is 0 Å². The second-order valence-corrected chi connectivity index (χ2v) is 13.5. The van der Waals surface area contributed by atoms with Gasteiger partial charge in [-0.25, -0.2) is 0 Å². The van der Waals surface area contributed by atoms with Crippen LogP contribution in [0.1, 0.15) is 20.8 Å². The van der Waals surface area contributed by atoms with Crippen molar-refractivity contribution >= 4 is 19.2 Å². The smallest absolute Gasteiger partial charge is 0.250 e. The van der Waals surface area contributed by atoms with Gasteiger partial charge in [0.1, 0.15) is 5.75 Å². The normalized spacial score (nSPS) is 11.6. The van der Waals surface area contributed by atoms with Crippen LogP contribution in [0.5, 0.6) is 5.75 Å². The third kappa shape index (κ3) is 4.66. The molecule has 0 saturated heterocycles. The molecule has 0 spiro atoms. The average molecular weight is 394 g/mol. The van der Waals surface area contributed by atoms with Crippen LogP contribution < -0.4 is 4.43 Å². The van der Waals surface area contributed by atoms with E-state index in [4.69, 9.17) is 4.43 Å². The van der Waals surface area contributed by atoms with Gasteiger partial charge < -0.3 is 4.43 Å². The summed E-state index contributed by atoms with van der Waals surface area (Å²) in [6, 6.07) is 33.9. The third-order valence-electron chi connectivity index (χ3n) is 5.28. The molecular formula is C24H29OSSi+. The highest BCUT2D eigenvalue weighted by molar-refractivity contribution is 7.97. The molecule has 0 aliphatic rings. The van der Waals surface area contributed by atoms with Crippen LogP contribution in [0.3, 0.4) is 0 Å². The largest absolute Gasteiger partial charge is 0.544 e. The highest BCUT2D eigenvalue weighted by Crippen LogP contribution is 2.33. The molecule has 0 N–H and O–H groups in total. The maximum Gasteiger partial charge on any atom is 0.250 e. The van der Waals surface area contributed by atoms with Gasteiger partial charge in [0.25, 0.3) is 0 Å². The summed E-state index contributed by atoms with van der Waals surface area (Å²) in [6.45, 7) is 6.82. The van der Waals surface area contributed by atoms with Crippen molar-refractivity contribution < 1.29 is 4.43 Å². The average Bonchev–Trinajstić information content (AvgIpc) is 2.75. The molecule has 0 fully saturated rings. The second kappa shape index (κ2) is 9.29. The Morgan fingerprint density at radius 1 is 0.593 bits per heavy atom. The molecule has 0 atom stereocenters. The lowest BCUT2D eigenvalue weighted by atomic mass is 10.3. The molecule has 3 heteroatoms. The predicted octanol–water partition coefficient (Wildman–Crippen LogP) is 7.17. The van der Waals surface area contributed by atoms with E-state index in [2.05, 4.69) is 106 Å². The molecular weight excluding hydrogens is 364 g/mol. The van der Waals surface area contributed by atoms with Crippen LogP contribution in [0.2, 0.25) is 18.1 Å². The molecule has 0 unspecified atom stereocenters. The van der Waals surface area contributed by atoms with Crippen molar-refractivity contribution in [3.8, 4) is 5.75 Å². The van der Waals surface area contributed by atoms with Crippen LogP contribution in [-0.4, -0.2) is 8.32 Å². The molecule has 0 bridgehead atoms. The summed E-state index contributed by atoms with van der Waals surface area (Å²) in [6.07, 6.45) is 0. The Labute approximate surface area is 167 Å². The van der Waals surface area contributed by atoms with E-state index in [0.717, 1.165) is 5.75 Å². The van der Waals surface area contributed by atoms with Crippen LogP contribution in [0, 0.1) is 0 Å². The Kier molecular flexibility index (Phi) is 6.81. The van der Waals surface area contributed by atoms with Gasteiger partial charge in [-0.1, -0.05) is 57.2 Å². The molecule has 0 amide bonds. The third-order valence-corrected chi connectivity index (χ3v) is 12.1. The number of hydrogen-bond acceptors (Lipinski definition) is 1. The predicted molar refractivity (Wildman–Crippen MR) is 119 cm³/mol. The molecule has 140 valence electrons. The summed E-state index contributed by atoms with van der Waals surface area (Å²) in [7, 11) is -1.72. The zero-order chi connectivity index (χ0) is 19.1. The SMILES string of the molecule is CC[Si](CC)(CC)Oc1ccc([S+](c2ccccc2)c2ccccc2)cc1. The first-order valence-corrected chi connectivity index (χ1v) is 13.6. The van der Waals surface area contributed by atoms with E-state index in [9.17, 15) is 0 Å². The first-order valence-electron chi connectivity index (χ1n) is 9.85. The highest BCUT2D eigenvalue weighted by atomic mass is 32.2. The molecule has 0 heterocycles. The van der Waals surface area contributed by atoms with Gasteiger partial charge in [-0.2, -0.15) is 0 Å². The van der Waals surface area contributed by atoms with Crippen LogP contribution in [0.4, 0.5) is 0 Å². The molecule has 0 radical (unpaired) electrons. The monoisotopic (exact) mass is 393 g/mol. The summed E-state index contributed by atoms with van der Waals surface area (Å²) in [5, 5.41) is 0. The zero-order valence-electron chi connectivity index (χ0n) is 16.5. The summed E-state index contributed by atoms with van der Waals surface area (Å²) in [5.74, 6) is 1.03. The first-order chi connectivity index (χ1) is 13.2. The van der Waals surface area contributed by atoms with Crippen molar-refractivity contribution in [1.82, 2.24) is 0 Å². The van der Waals surface area contributed by atoms with Crippen molar-refractivity contribution in [3.05, 3.63) is 84.9 Å². The summed E-state index contributed by atoms with van der Waals surface area (Å²) in [5.41, 5.74) is 0.